The highest BCUT2D eigenvalue weighted by Gasteiger charge is 2.33. The molecule has 0 unspecified atom stereocenters. The van der Waals surface area contributed by atoms with E-state index in [0.717, 1.165) is 13.0 Å². The minimum atomic E-state index is 0.519. The van der Waals surface area contributed by atoms with E-state index >= 15 is 0 Å². The molecule has 1 fully saturated rings. The molecular weight excluding hydrogens is 86.1 g/mol. The van der Waals surface area contributed by atoms with Gasteiger partial charge in [0, 0.05) is 5.92 Å². The summed E-state index contributed by atoms with van der Waals surface area (Å²) in [5.41, 5.74) is 5.30. The quantitative estimate of drug-likeness (QED) is 0.463. The maximum atomic E-state index is 5.30. The molecule has 1 rings (SSSR count). The van der Waals surface area contributed by atoms with Crippen LogP contribution in [0.1, 0.15) is 6.42 Å². The lowest BCUT2D eigenvalue weighted by atomic mass is 10.3. The van der Waals surface area contributed by atoms with E-state index in [1.54, 1.807) is 0 Å². The van der Waals surface area contributed by atoms with Crippen molar-refractivity contribution in [1.82, 2.24) is 0 Å². The first-order valence-corrected chi connectivity index (χ1v) is 2.54. The number of rotatable bonds is 1. The number of terminal acetylenes is 1. The van der Waals surface area contributed by atoms with E-state index < -0.39 is 0 Å². The Morgan fingerprint density at radius 2 is 2.57 bits per heavy atom. The zero-order chi connectivity index (χ0) is 5.28. The van der Waals surface area contributed by atoms with E-state index in [0.29, 0.717) is 11.8 Å². The summed E-state index contributed by atoms with van der Waals surface area (Å²) in [6.45, 7) is 0.773. The van der Waals surface area contributed by atoms with Gasteiger partial charge < -0.3 is 5.73 Å². The zero-order valence-electron chi connectivity index (χ0n) is 4.22. The fourth-order valence-corrected chi connectivity index (χ4v) is 0.712. The van der Waals surface area contributed by atoms with E-state index in [2.05, 4.69) is 5.92 Å². The lowest BCUT2D eigenvalue weighted by Crippen LogP contribution is -2.01. The minimum absolute atomic E-state index is 0.519. The van der Waals surface area contributed by atoms with Gasteiger partial charge in [-0.05, 0) is 18.9 Å². The second-order valence-electron chi connectivity index (χ2n) is 2.00. The lowest BCUT2D eigenvalue weighted by Gasteiger charge is -1.80. The molecule has 1 nitrogen and oxygen atoms in total. The second kappa shape index (κ2) is 1.55. The zero-order valence-corrected chi connectivity index (χ0v) is 4.22. The van der Waals surface area contributed by atoms with Crippen LogP contribution in [-0.4, -0.2) is 6.54 Å². The molecule has 0 aromatic rings. The summed E-state index contributed by atoms with van der Waals surface area (Å²) in [5, 5.41) is 0. The Hall–Kier alpha value is -0.480. The molecular formula is C6H9N. The van der Waals surface area contributed by atoms with Crippen molar-refractivity contribution in [2.75, 3.05) is 6.54 Å². The summed E-state index contributed by atoms with van der Waals surface area (Å²) >= 11 is 0. The Morgan fingerprint density at radius 3 is 2.71 bits per heavy atom. The van der Waals surface area contributed by atoms with Crippen LogP contribution in [0.15, 0.2) is 0 Å². The highest BCUT2D eigenvalue weighted by Crippen LogP contribution is 2.35. The van der Waals surface area contributed by atoms with Crippen LogP contribution in [0.25, 0.3) is 0 Å². The van der Waals surface area contributed by atoms with Gasteiger partial charge in [0.25, 0.3) is 0 Å². The van der Waals surface area contributed by atoms with E-state index in [-0.39, 0.29) is 0 Å². The van der Waals surface area contributed by atoms with Crippen molar-refractivity contribution in [2.24, 2.45) is 17.6 Å². The monoisotopic (exact) mass is 95.1 g/mol. The highest BCUT2D eigenvalue weighted by molar-refractivity contribution is 5.07. The van der Waals surface area contributed by atoms with E-state index in [1.807, 2.05) is 0 Å². The van der Waals surface area contributed by atoms with Crippen LogP contribution in [0.2, 0.25) is 0 Å². The smallest absolute Gasteiger partial charge is 0.0244 e. The van der Waals surface area contributed by atoms with Gasteiger partial charge in [-0.1, -0.05) is 0 Å². The third-order valence-electron chi connectivity index (χ3n) is 1.44. The summed E-state index contributed by atoms with van der Waals surface area (Å²) in [5.74, 6) is 3.84. The molecule has 1 saturated carbocycles. The number of hydrogen-bond donors (Lipinski definition) is 1. The first-order chi connectivity index (χ1) is 3.38. The fourth-order valence-electron chi connectivity index (χ4n) is 0.712. The summed E-state index contributed by atoms with van der Waals surface area (Å²) in [7, 11) is 0. The summed E-state index contributed by atoms with van der Waals surface area (Å²) < 4.78 is 0. The maximum absolute atomic E-state index is 5.30. The topological polar surface area (TPSA) is 26.0 Å². The van der Waals surface area contributed by atoms with Crippen LogP contribution in [-0.2, 0) is 0 Å². The standard InChI is InChI=1S/C6H9N/c1-2-5-3-6(5)4-7/h1,5-6H,3-4,7H2/t5-,6+/m1/s1. The number of hydrogen-bond acceptors (Lipinski definition) is 1. The van der Waals surface area contributed by atoms with Crippen molar-refractivity contribution in [1.29, 1.82) is 0 Å². The summed E-state index contributed by atoms with van der Waals surface area (Å²) in [6, 6.07) is 0. The van der Waals surface area contributed by atoms with Gasteiger partial charge in [-0.3, -0.25) is 0 Å². The SMILES string of the molecule is C#C[C@@H]1C[C@H]1CN. The predicted molar refractivity (Wildman–Crippen MR) is 29.5 cm³/mol. The van der Waals surface area contributed by atoms with Crippen LogP contribution in [0, 0.1) is 24.2 Å². The van der Waals surface area contributed by atoms with E-state index in [4.69, 9.17) is 12.2 Å². The maximum Gasteiger partial charge on any atom is 0.0244 e. The molecule has 38 valence electrons. The molecule has 2 atom stereocenters. The molecule has 7 heavy (non-hydrogen) atoms. The summed E-state index contributed by atoms with van der Waals surface area (Å²) in [6.07, 6.45) is 6.25. The average molecular weight is 95.1 g/mol. The van der Waals surface area contributed by atoms with Crippen LogP contribution >= 0.6 is 0 Å². The van der Waals surface area contributed by atoms with Gasteiger partial charge in [-0.25, -0.2) is 0 Å². The lowest BCUT2D eigenvalue weighted by molar-refractivity contribution is 0.808. The largest absolute Gasteiger partial charge is 0.330 e. The number of nitrogens with two attached hydrogens (primary N) is 1. The highest BCUT2D eigenvalue weighted by atomic mass is 14.6. The Morgan fingerprint density at radius 1 is 1.86 bits per heavy atom. The molecule has 2 N–H and O–H groups in total. The molecule has 0 aromatic carbocycles. The average Bonchev–Trinajstić information content (AvgIpc) is 2.43. The molecule has 0 amide bonds. The molecule has 1 heteroatoms. The van der Waals surface area contributed by atoms with Crippen molar-refractivity contribution in [3.8, 4) is 12.3 Å². The second-order valence-corrected chi connectivity index (χ2v) is 2.00. The minimum Gasteiger partial charge on any atom is -0.330 e. The van der Waals surface area contributed by atoms with Gasteiger partial charge in [-0.15, -0.1) is 12.3 Å². The molecule has 0 saturated heterocycles. The molecule has 0 bridgehead atoms. The van der Waals surface area contributed by atoms with Crippen LogP contribution < -0.4 is 5.73 Å². The van der Waals surface area contributed by atoms with Gasteiger partial charge >= 0.3 is 0 Å². The molecule has 0 radical (unpaired) electrons. The predicted octanol–water partition coefficient (Wildman–Crippen LogP) is 0.214. The first kappa shape index (κ1) is 4.67. The Bertz CT molecular complexity index is 101. The van der Waals surface area contributed by atoms with Gasteiger partial charge in [0.15, 0.2) is 0 Å². The third-order valence-corrected chi connectivity index (χ3v) is 1.44. The third kappa shape index (κ3) is 0.755. The van der Waals surface area contributed by atoms with E-state index in [9.17, 15) is 0 Å². The van der Waals surface area contributed by atoms with Crippen molar-refractivity contribution in [2.45, 2.75) is 6.42 Å². The van der Waals surface area contributed by atoms with Gasteiger partial charge in [0.1, 0.15) is 0 Å². The fraction of sp³-hybridized carbons (Fsp3) is 0.667. The van der Waals surface area contributed by atoms with Gasteiger partial charge in [0.2, 0.25) is 0 Å². The summed E-state index contributed by atoms with van der Waals surface area (Å²) in [4.78, 5) is 0. The van der Waals surface area contributed by atoms with Gasteiger partial charge in [0.05, 0.1) is 0 Å². The Labute approximate surface area is 43.9 Å². The molecule has 0 aromatic heterocycles. The Kier molecular flexibility index (Phi) is 1.04. The Balaban J connectivity index is 2.21. The molecule has 0 heterocycles. The molecule has 1 aliphatic rings. The van der Waals surface area contributed by atoms with Crippen molar-refractivity contribution in [3.63, 3.8) is 0 Å². The normalized spacial score (nSPS) is 37.1. The van der Waals surface area contributed by atoms with Crippen molar-refractivity contribution < 1.29 is 0 Å². The van der Waals surface area contributed by atoms with Crippen LogP contribution in [0.3, 0.4) is 0 Å². The van der Waals surface area contributed by atoms with Crippen LogP contribution in [0.5, 0.6) is 0 Å². The van der Waals surface area contributed by atoms with Crippen molar-refractivity contribution >= 4 is 0 Å². The first-order valence-electron chi connectivity index (χ1n) is 2.54. The molecule has 0 spiro atoms. The van der Waals surface area contributed by atoms with Gasteiger partial charge in [-0.2, -0.15) is 0 Å². The molecule has 1 aliphatic carbocycles. The van der Waals surface area contributed by atoms with E-state index in [1.165, 1.54) is 0 Å². The van der Waals surface area contributed by atoms with Crippen molar-refractivity contribution in [3.05, 3.63) is 0 Å². The molecule has 0 aliphatic heterocycles. The van der Waals surface area contributed by atoms with Crippen LogP contribution in [0.4, 0.5) is 0 Å².